The van der Waals surface area contributed by atoms with Gasteiger partial charge in [0.1, 0.15) is 11.6 Å². The van der Waals surface area contributed by atoms with Gasteiger partial charge in [0, 0.05) is 23.9 Å². The third kappa shape index (κ3) is 2.93. The molecule has 2 aromatic carbocycles. The molecule has 0 unspecified atom stereocenters. The predicted octanol–water partition coefficient (Wildman–Crippen LogP) is 3.08. The standard InChI is InChI=1S/C14H11FN2O2/c1-18-14-4-9(8-16)2-3-13(14)19-12-6-10(15)5-11(17)7-12/h2-7H,17H2,1H3. The van der Waals surface area contributed by atoms with Crippen molar-refractivity contribution in [1.82, 2.24) is 0 Å². The van der Waals surface area contributed by atoms with Crippen LogP contribution in [0.5, 0.6) is 17.2 Å². The lowest BCUT2D eigenvalue weighted by Crippen LogP contribution is -1.93. The van der Waals surface area contributed by atoms with Gasteiger partial charge in [0.05, 0.1) is 18.7 Å². The molecule has 0 saturated carbocycles. The van der Waals surface area contributed by atoms with Gasteiger partial charge < -0.3 is 15.2 Å². The molecular weight excluding hydrogens is 247 g/mol. The fourth-order valence-electron chi connectivity index (χ4n) is 1.59. The SMILES string of the molecule is COc1cc(C#N)ccc1Oc1cc(N)cc(F)c1. The van der Waals surface area contributed by atoms with Gasteiger partial charge in [-0.3, -0.25) is 0 Å². The van der Waals surface area contributed by atoms with Gasteiger partial charge in [-0.1, -0.05) is 0 Å². The molecule has 0 aliphatic heterocycles. The van der Waals surface area contributed by atoms with Gasteiger partial charge in [-0.25, -0.2) is 4.39 Å². The number of halogens is 1. The maximum Gasteiger partial charge on any atom is 0.169 e. The number of nitrogens with two attached hydrogens (primary N) is 1. The second-order valence-electron chi connectivity index (χ2n) is 3.80. The summed E-state index contributed by atoms with van der Waals surface area (Å²) in [5.74, 6) is 0.552. The van der Waals surface area contributed by atoms with E-state index >= 15 is 0 Å². The summed E-state index contributed by atoms with van der Waals surface area (Å²) < 4.78 is 23.8. The number of nitrogen functional groups attached to an aromatic ring is 1. The Morgan fingerprint density at radius 3 is 2.58 bits per heavy atom. The van der Waals surface area contributed by atoms with E-state index < -0.39 is 5.82 Å². The molecule has 0 spiro atoms. The van der Waals surface area contributed by atoms with E-state index in [0.29, 0.717) is 17.1 Å². The molecular formula is C14H11FN2O2. The Balaban J connectivity index is 2.35. The van der Waals surface area contributed by atoms with Gasteiger partial charge in [0.25, 0.3) is 0 Å². The number of rotatable bonds is 3. The van der Waals surface area contributed by atoms with Crippen LogP contribution in [0.4, 0.5) is 10.1 Å². The summed E-state index contributed by atoms with van der Waals surface area (Å²) in [5.41, 5.74) is 6.25. The van der Waals surface area contributed by atoms with Crippen molar-refractivity contribution in [2.45, 2.75) is 0 Å². The summed E-state index contributed by atoms with van der Waals surface area (Å²) in [6.45, 7) is 0. The van der Waals surface area contributed by atoms with Crippen molar-refractivity contribution < 1.29 is 13.9 Å². The Morgan fingerprint density at radius 2 is 1.95 bits per heavy atom. The van der Waals surface area contributed by atoms with Crippen LogP contribution in [0.25, 0.3) is 0 Å². The van der Waals surface area contributed by atoms with Crippen molar-refractivity contribution >= 4 is 5.69 Å². The maximum atomic E-state index is 13.2. The van der Waals surface area contributed by atoms with Crippen LogP contribution >= 0.6 is 0 Å². The third-order valence-corrected chi connectivity index (χ3v) is 2.41. The highest BCUT2D eigenvalue weighted by atomic mass is 19.1. The quantitative estimate of drug-likeness (QED) is 0.859. The number of hydrogen-bond acceptors (Lipinski definition) is 4. The number of hydrogen-bond donors (Lipinski definition) is 1. The first-order chi connectivity index (χ1) is 9.12. The molecule has 0 aliphatic carbocycles. The summed E-state index contributed by atoms with van der Waals surface area (Å²) in [6.07, 6.45) is 0. The van der Waals surface area contributed by atoms with Gasteiger partial charge in [0.2, 0.25) is 0 Å². The second kappa shape index (κ2) is 5.27. The molecule has 2 aromatic rings. The summed E-state index contributed by atoms with van der Waals surface area (Å²) in [4.78, 5) is 0. The van der Waals surface area contributed by atoms with E-state index in [1.54, 1.807) is 12.1 Å². The number of anilines is 1. The lowest BCUT2D eigenvalue weighted by Gasteiger charge is -2.11. The molecule has 0 heterocycles. The van der Waals surface area contributed by atoms with Crippen molar-refractivity contribution in [3.63, 3.8) is 0 Å². The summed E-state index contributed by atoms with van der Waals surface area (Å²) in [5, 5.41) is 8.80. The highest BCUT2D eigenvalue weighted by molar-refractivity contribution is 5.50. The largest absolute Gasteiger partial charge is 0.493 e. The summed E-state index contributed by atoms with van der Waals surface area (Å²) >= 11 is 0. The fraction of sp³-hybridized carbons (Fsp3) is 0.0714. The van der Waals surface area contributed by atoms with Crippen molar-refractivity contribution in [3.8, 4) is 23.3 Å². The van der Waals surface area contributed by atoms with Crippen LogP contribution in [0.15, 0.2) is 36.4 Å². The van der Waals surface area contributed by atoms with Crippen molar-refractivity contribution in [3.05, 3.63) is 47.8 Å². The number of methoxy groups -OCH3 is 1. The molecule has 19 heavy (non-hydrogen) atoms. The average molecular weight is 258 g/mol. The molecule has 0 saturated heterocycles. The zero-order chi connectivity index (χ0) is 13.8. The van der Waals surface area contributed by atoms with Crippen molar-refractivity contribution in [2.75, 3.05) is 12.8 Å². The normalized spacial score (nSPS) is 9.74. The zero-order valence-electron chi connectivity index (χ0n) is 10.2. The van der Waals surface area contributed by atoms with Crippen molar-refractivity contribution in [1.29, 1.82) is 5.26 Å². The minimum Gasteiger partial charge on any atom is -0.493 e. The Kier molecular flexibility index (Phi) is 3.53. The summed E-state index contributed by atoms with van der Waals surface area (Å²) in [6, 6.07) is 10.6. The highest BCUT2D eigenvalue weighted by Gasteiger charge is 2.08. The van der Waals surface area contributed by atoms with Crippen LogP contribution in [-0.4, -0.2) is 7.11 Å². The Bertz CT molecular complexity index is 630. The first-order valence-corrected chi connectivity index (χ1v) is 5.44. The number of nitriles is 1. The number of ether oxygens (including phenoxy) is 2. The Morgan fingerprint density at radius 1 is 1.16 bits per heavy atom. The molecule has 0 fully saturated rings. The van der Waals surface area contributed by atoms with Gasteiger partial charge in [-0.2, -0.15) is 5.26 Å². The van der Waals surface area contributed by atoms with Crippen molar-refractivity contribution in [2.24, 2.45) is 0 Å². The maximum absolute atomic E-state index is 13.2. The molecule has 5 heteroatoms. The molecule has 2 N–H and O–H groups in total. The first kappa shape index (κ1) is 12.7. The fourth-order valence-corrected chi connectivity index (χ4v) is 1.59. The lowest BCUT2D eigenvalue weighted by atomic mass is 10.2. The smallest absolute Gasteiger partial charge is 0.169 e. The minimum atomic E-state index is -0.484. The molecule has 0 amide bonds. The van der Waals surface area contributed by atoms with E-state index in [2.05, 4.69) is 0 Å². The van der Waals surface area contributed by atoms with Crippen LogP contribution in [0.3, 0.4) is 0 Å². The zero-order valence-corrected chi connectivity index (χ0v) is 10.2. The van der Waals surface area contributed by atoms with E-state index in [1.807, 2.05) is 6.07 Å². The van der Waals surface area contributed by atoms with Gasteiger partial charge >= 0.3 is 0 Å². The van der Waals surface area contributed by atoms with E-state index in [9.17, 15) is 4.39 Å². The van der Waals surface area contributed by atoms with Crippen LogP contribution in [0, 0.1) is 17.1 Å². The van der Waals surface area contributed by atoms with Crippen LogP contribution in [0.1, 0.15) is 5.56 Å². The van der Waals surface area contributed by atoms with Crippen LogP contribution in [-0.2, 0) is 0 Å². The molecule has 0 atom stereocenters. The second-order valence-corrected chi connectivity index (χ2v) is 3.80. The molecule has 4 nitrogen and oxygen atoms in total. The predicted molar refractivity (Wildman–Crippen MR) is 68.6 cm³/mol. The Labute approximate surface area is 109 Å². The van der Waals surface area contributed by atoms with E-state index in [-0.39, 0.29) is 11.4 Å². The van der Waals surface area contributed by atoms with Crippen LogP contribution in [0.2, 0.25) is 0 Å². The van der Waals surface area contributed by atoms with E-state index in [1.165, 1.54) is 31.4 Å². The van der Waals surface area contributed by atoms with Gasteiger partial charge in [-0.15, -0.1) is 0 Å². The molecule has 96 valence electrons. The molecule has 0 bridgehead atoms. The van der Waals surface area contributed by atoms with Crippen LogP contribution < -0.4 is 15.2 Å². The first-order valence-electron chi connectivity index (χ1n) is 5.44. The molecule has 2 rings (SSSR count). The number of benzene rings is 2. The molecule has 0 aliphatic rings. The summed E-state index contributed by atoms with van der Waals surface area (Å²) in [7, 11) is 1.46. The third-order valence-electron chi connectivity index (χ3n) is 2.41. The minimum absolute atomic E-state index is 0.264. The van der Waals surface area contributed by atoms with E-state index in [0.717, 1.165) is 0 Å². The molecule has 0 aromatic heterocycles. The average Bonchev–Trinajstić information content (AvgIpc) is 2.38. The lowest BCUT2D eigenvalue weighted by molar-refractivity contribution is 0.378. The van der Waals surface area contributed by atoms with Gasteiger partial charge in [0.15, 0.2) is 11.5 Å². The Hall–Kier alpha value is -2.74. The molecule has 0 radical (unpaired) electrons. The van der Waals surface area contributed by atoms with Gasteiger partial charge in [-0.05, 0) is 18.2 Å². The topological polar surface area (TPSA) is 68.3 Å². The number of nitrogens with zero attached hydrogens (tertiary/aromatic N) is 1. The monoisotopic (exact) mass is 258 g/mol. The highest BCUT2D eigenvalue weighted by Crippen LogP contribution is 2.33. The van der Waals surface area contributed by atoms with E-state index in [4.69, 9.17) is 20.5 Å².